The molecule has 8 nitrogen and oxygen atoms in total. The molecule has 1 aromatic heterocycles. The van der Waals surface area contributed by atoms with Gasteiger partial charge in [-0.3, -0.25) is 4.99 Å². The summed E-state index contributed by atoms with van der Waals surface area (Å²) in [5, 5.41) is 11.6. The van der Waals surface area contributed by atoms with Gasteiger partial charge in [0.05, 0.1) is 19.3 Å². The smallest absolute Gasteiger partial charge is 0.228 e. The van der Waals surface area contributed by atoms with Crippen molar-refractivity contribution in [1.82, 2.24) is 20.8 Å². The number of ether oxygens (including phenoxy) is 1. The maximum Gasteiger partial charge on any atom is 0.228 e. The number of aliphatic imine (C=N–C) groups is 1. The minimum Gasteiger partial charge on any atom is -0.495 e. The second-order valence-electron chi connectivity index (χ2n) is 7.60. The highest BCUT2D eigenvalue weighted by molar-refractivity contribution is 14.0. The molecule has 1 aliphatic heterocycles. The van der Waals surface area contributed by atoms with Crippen LogP contribution in [-0.4, -0.2) is 55.4 Å². The lowest BCUT2D eigenvalue weighted by atomic mass is 10.2. The van der Waals surface area contributed by atoms with Gasteiger partial charge in [-0.05, 0) is 31.5 Å². The Labute approximate surface area is 206 Å². The number of methoxy groups -OCH3 is 1. The number of nitrogens with zero attached hydrogens (tertiary/aromatic N) is 4. The van der Waals surface area contributed by atoms with Crippen LogP contribution < -0.4 is 20.3 Å². The molecule has 0 bridgehead atoms. The molecule has 1 fully saturated rings. The summed E-state index contributed by atoms with van der Waals surface area (Å²) < 4.78 is 10.8. The number of halogens is 2. The second kappa shape index (κ2) is 12.3. The second-order valence-corrected chi connectivity index (χ2v) is 8.04. The van der Waals surface area contributed by atoms with E-state index in [-0.39, 0.29) is 35.9 Å². The molecule has 0 amide bonds. The predicted octanol–water partition coefficient (Wildman–Crippen LogP) is 3.85. The average molecular weight is 563 g/mol. The van der Waals surface area contributed by atoms with Crippen LogP contribution in [0.4, 0.5) is 5.69 Å². The Balaban J connectivity index is 0.00000341. The van der Waals surface area contributed by atoms with Gasteiger partial charge in [0.15, 0.2) is 11.8 Å². The van der Waals surface area contributed by atoms with E-state index in [9.17, 15) is 0 Å². The topological polar surface area (TPSA) is 87.8 Å². The summed E-state index contributed by atoms with van der Waals surface area (Å²) in [6.07, 6.45) is 1.62. The van der Waals surface area contributed by atoms with Crippen molar-refractivity contribution in [2.75, 3.05) is 38.2 Å². The molecule has 0 spiro atoms. The minimum absolute atomic E-state index is 0. The highest BCUT2D eigenvalue weighted by Crippen LogP contribution is 2.33. The maximum absolute atomic E-state index is 6.20. The quantitative estimate of drug-likeness (QED) is 0.287. The van der Waals surface area contributed by atoms with E-state index in [1.807, 2.05) is 32.0 Å². The number of hydrogen-bond donors (Lipinski definition) is 2. The number of aromatic nitrogens is 2. The highest BCUT2D eigenvalue weighted by Gasteiger charge is 2.25. The third kappa shape index (κ3) is 7.13. The number of benzene rings is 1. The van der Waals surface area contributed by atoms with Crippen molar-refractivity contribution < 1.29 is 9.26 Å². The molecule has 1 aliphatic rings. The molecule has 2 heterocycles. The van der Waals surface area contributed by atoms with Gasteiger partial charge in [0, 0.05) is 43.0 Å². The first-order valence-corrected chi connectivity index (χ1v) is 10.8. The van der Waals surface area contributed by atoms with Crippen LogP contribution in [0.15, 0.2) is 27.7 Å². The summed E-state index contributed by atoms with van der Waals surface area (Å²) in [4.78, 5) is 11.4. The molecule has 1 atom stereocenters. The summed E-state index contributed by atoms with van der Waals surface area (Å²) in [6.45, 7) is 9.29. The Hall–Kier alpha value is -1.75. The van der Waals surface area contributed by atoms with Crippen LogP contribution >= 0.6 is 35.6 Å². The molecule has 1 saturated heterocycles. The van der Waals surface area contributed by atoms with E-state index in [1.54, 1.807) is 7.11 Å². The van der Waals surface area contributed by atoms with Gasteiger partial charge in [0.2, 0.25) is 5.89 Å². The van der Waals surface area contributed by atoms with Crippen LogP contribution in [0.25, 0.3) is 0 Å². The number of hydrogen-bond acceptors (Lipinski definition) is 6. The van der Waals surface area contributed by atoms with E-state index >= 15 is 0 Å². The average Bonchev–Trinajstić information content (AvgIpc) is 3.38. The Morgan fingerprint density at radius 2 is 2.23 bits per heavy atom. The molecule has 0 aliphatic carbocycles. The Morgan fingerprint density at radius 1 is 1.42 bits per heavy atom. The standard InChI is InChI=1S/C21H31ClN6O2.HI/c1-5-23-21(24-10-8-19-26-20(14(2)3)27-30-19)25-16-9-11-28(13-16)17-12-15(22)6-7-18(17)29-4;/h6-7,12,14,16H,5,8-11,13H2,1-4H3,(H2,23,24,25);1H. The van der Waals surface area contributed by atoms with Gasteiger partial charge in [-0.15, -0.1) is 24.0 Å². The van der Waals surface area contributed by atoms with Crippen molar-refractivity contribution in [3.05, 3.63) is 34.9 Å². The lowest BCUT2D eigenvalue weighted by Gasteiger charge is -2.22. The fraction of sp³-hybridized carbons (Fsp3) is 0.571. The van der Waals surface area contributed by atoms with Gasteiger partial charge in [0.25, 0.3) is 0 Å². The highest BCUT2D eigenvalue weighted by atomic mass is 127. The van der Waals surface area contributed by atoms with Crippen molar-refractivity contribution in [3.8, 4) is 5.75 Å². The minimum atomic E-state index is 0. The first kappa shape index (κ1) is 25.5. The molecule has 1 unspecified atom stereocenters. The molecule has 10 heteroatoms. The lowest BCUT2D eigenvalue weighted by Crippen LogP contribution is -2.44. The Bertz CT molecular complexity index is 860. The first-order valence-electron chi connectivity index (χ1n) is 10.5. The summed E-state index contributed by atoms with van der Waals surface area (Å²) in [7, 11) is 1.68. The van der Waals surface area contributed by atoms with Gasteiger partial charge in [0.1, 0.15) is 5.75 Å². The van der Waals surface area contributed by atoms with Crippen molar-refractivity contribution in [3.63, 3.8) is 0 Å². The van der Waals surface area contributed by atoms with Gasteiger partial charge in [-0.25, -0.2) is 0 Å². The molecule has 0 saturated carbocycles. The third-order valence-corrected chi connectivity index (χ3v) is 5.19. The molecule has 172 valence electrons. The Morgan fingerprint density at radius 3 is 2.90 bits per heavy atom. The Kier molecular flexibility index (Phi) is 10.1. The van der Waals surface area contributed by atoms with E-state index in [0.717, 1.165) is 49.3 Å². The molecule has 2 N–H and O–H groups in total. The van der Waals surface area contributed by atoms with Gasteiger partial charge in [-0.1, -0.05) is 30.6 Å². The maximum atomic E-state index is 6.20. The number of guanidine groups is 1. The van der Waals surface area contributed by atoms with Gasteiger partial charge < -0.3 is 24.8 Å². The molecular formula is C21H32ClIN6O2. The SMILES string of the molecule is CCNC(=NCCc1nc(C(C)C)no1)NC1CCN(c2cc(Cl)ccc2OC)C1.I. The zero-order chi connectivity index (χ0) is 21.5. The number of rotatable bonds is 8. The van der Waals surface area contributed by atoms with Crippen LogP contribution in [0.3, 0.4) is 0 Å². The summed E-state index contributed by atoms with van der Waals surface area (Å²) in [6, 6.07) is 5.99. The fourth-order valence-corrected chi connectivity index (χ4v) is 3.55. The van der Waals surface area contributed by atoms with E-state index < -0.39 is 0 Å². The zero-order valence-electron chi connectivity index (χ0n) is 18.5. The normalized spacial score (nSPS) is 16.4. The largest absolute Gasteiger partial charge is 0.495 e. The monoisotopic (exact) mass is 562 g/mol. The van der Waals surface area contributed by atoms with Crippen molar-refractivity contribution in [2.45, 2.75) is 45.6 Å². The summed E-state index contributed by atoms with van der Waals surface area (Å²) in [5.74, 6) is 3.25. The molecule has 1 aromatic carbocycles. The summed E-state index contributed by atoms with van der Waals surface area (Å²) in [5.41, 5.74) is 1.02. The van der Waals surface area contributed by atoms with Crippen molar-refractivity contribution >= 4 is 47.2 Å². The van der Waals surface area contributed by atoms with E-state index in [4.69, 9.17) is 20.9 Å². The predicted molar refractivity (Wildman–Crippen MR) is 135 cm³/mol. The van der Waals surface area contributed by atoms with Crippen molar-refractivity contribution in [2.24, 2.45) is 4.99 Å². The van der Waals surface area contributed by atoms with Crippen molar-refractivity contribution in [1.29, 1.82) is 0 Å². The van der Waals surface area contributed by atoms with Crippen LogP contribution in [0.5, 0.6) is 5.75 Å². The number of anilines is 1. The zero-order valence-corrected chi connectivity index (χ0v) is 21.6. The van der Waals surface area contributed by atoms with E-state index in [0.29, 0.717) is 23.9 Å². The lowest BCUT2D eigenvalue weighted by molar-refractivity contribution is 0.372. The molecule has 2 aromatic rings. The van der Waals surface area contributed by atoms with E-state index in [2.05, 4.69) is 37.6 Å². The third-order valence-electron chi connectivity index (χ3n) is 4.95. The fourth-order valence-electron chi connectivity index (χ4n) is 3.39. The molecule has 0 radical (unpaired) electrons. The van der Waals surface area contributed by atoms with Gasteiger partial charge in [-0.2, -0.15) is 4.98 Å². The van der Waals surface area contributed by atoms with E-state index in [1.165, 1.54) is 0 Å². The molecule has 31 heavy (non-hydrogen) atoms. The van der Waals surface area contributed by atoms with Crippen LogP contribution in [0.2, 0.25) is 5.02 Å². The number of nitrogens with one attached hydrogen (secondary N) is 2. The van der Waals surface area contributed by atoms with Gasteiger partial charge >= 0.3 is 0 Å². The first-order chi connectivity index (χ1) is 14.5. The molecular weight excluding hydrogens is 531 g/mol. The van der Waals surface area contributed by atoms with Crippen LogP contribution in [0, 0.1) is 0 Å². The summed E-state index contributed by atoms with van der Waals surface area (Å²) >= 11 is 6.20. The van der Waals surface area contributed by atoms with Crippen LogP contribution in [0.1, 0.15) is 44.8 Å². The van der Waals surface area contributed by atoms with Crippen LogP contribution in [-0.2, 0) is 6.42 Å². The molecule has 3 rings (SSSR count).